The summed E-state index contributed by atoms with van der Waals surface area (Å²) < 4.78 is 6.18. The number of halogens is 1. The lowest BCUT2D eigenvalue weighted by molar-refractivity contribution is 0.0636. The molecule has 4 heteroatoms. The molecule has 0 atom stereocenters. The van der Waals surface area contributed by atoms with E-state index in [0.29, 0.717) is 0 Å². The van der Waals surface area contributed by atoms with Gasteiger partial charge in [-0.15, -0.1) is 0 Å². The van der Waals surface area contributed by atoms with Crippen molar-refractivity contribution < 1.29 is 9.53 Å². The summed E-state index contributed by atoms with van der Waals surface area (Å²) >= 11 is 2.19. The smallest absolute Gasteiger partial charge is 0.412 e. The van der Waals surface area contributed by atoms with E-state index in [1.54, 1.807) is 0 Å². The molecule has 88 valence electrons. The minimum Gasteiger partial charge on any atom is -0.444 e. The van der Waals surface area contributed by atoms with Crippen LogP contribution in [0.1, 0.15) is 26.3 Å². The van der Waals surface area contributed by atoms with Crippen LogP contribution in [0.4, 0.5) is 10.5 Å². The first-order valence-corrected chi connectivity index (χ1v) is 6.12. The Kier molecular flexibility index (Phi) is 4.18. The lowest BCUT2D eigenvalue weighted by Gasteiger charge is -2.20. The van der Waals surface area contributed by atoms with Crippen LogP contribution >= 0.6 is 22.6 Å². The molecule has 0 aliphatic heterocycles. The van der Waals surface area contributed by atoms with Crippen LogP contribution in [0.25, 0.3) is 0 Å². The van der Waals surface area contributed by atoms with Gasteiger partial charge in [-0.1, -0.05) is 6.07 Å². The van der Waals surface area contributed by atoms with Gasteiger partial charge in [0, 0.05) is 3.57 Å². The monoisotopic (exact) mass is 333 g/mol. The molecule has 0 unspecified atom stereocenters. The summed E-state index contributed by atoms with van der Waals surface area (Å²) in [4.78, 5) is 11.5. The maximum atomic E-state index is 11.5. The Morgan fingerprint density at radius 3 is 2.50 bits per heavy atom. The second-order valence-corrected chi connectivity index (χ2v) is 5.77. The molecule has 0 heterocycles. The Labute approximate surface area is 110 Å². The molecule has 0 saturated heterocycles. The SMILES string of the molecule is Cc1ccc(NC(=O)OC(C)(C)C)c(I)c1. The van der Waals surface area contributed by atoms with Crippen molar-refractivity contribution in [1.29, 1.82) is 0 Å². The van der Waals surface area contributed by atoms with Crippen LogP contribution in [0.3, 0.4) is 0 Å². The van der Waals surface area contributed by atoms with Crippen molar-refractivity contribution in [3.63, 3.8) is 0 Å². The van der Waals surface area contributed by atoms with Gasteiger partial charge in [-0.3, -0.25) is 5.32 Å². The molecular weight excluding hydrogens is 317 g/mol. The number of carbonyl (C=O) groups excluding carboxylic acids is 1. The second kappa shape index (κ2) is 5.03. The van der Waals surface area contributed by atoms with Crippen molar-refractivity contribution in [3.8, 4) is 0 Å². The first-order valence-electron chi connectivity index (χ1n) is 5.04. The van der Waals surface area contributed by atoms with Crippen molar-refractivity contribution in [1.82, 2.24) is 0 Å². The third-order valence-corrected chi connectivity index (χ3v) is 2.65. The molecule has 1 rings (SSSR count). The van der Waals surface area contributed by atoms with Gasteiger partial charge in [0.1, 0.15) is 5.60 Å². The molecular formula is C12H16INO2. The molecule has 0 bridgehead atoms. The number of amides is 1. The van der Waals surface area contributed by atoms with Crippen molar-refractivity contribution in [2.75, 3.05) is 5.32 Å². The lowest BCUT2D eigenvalue weighted by Crippen LogP contribution is -2.27. The van der Waals surface area contributed by atoms with E-state index in [-0.39, 0.29) is 0 Å². The van der Waals surface area contributed by atoms with Crippen molar-refractivity contribution >= 4 is 34.4 Å². The summed E-state index contributed by atoms with van der Waals surface area (Å²) in [5.74, 6) is 0. The molecule has 1 aromatic rings. The summed E-state index contributed by atoms with van der Waals surface area (Å²) in [5.41, 5.74) is 1.47. The molecule has 0 fully saturated rings. The molecule has 0 aromatic heterocycles. The van der Waals surface area contributed by atoms with Crippen LogP contribution in [0.15, 0.2) is 18.2 Å². The van der Waals surface area contributed by atoms with Crippen LogP contribution in [-0.4, -0.2) is 11.7 Å². The van der Waals surface area contributed by atoms with E-state index in [1.807, 2.05) is 45.9 Å². The van der Waals surface area contributed by atoms with E-state index in [2.05, 4.69) is 27.9 Å². The highest BCUT2D eigenvalue weighted by molar-refractivity contribution is 14.1. The highest BCUT2D eigenvalue weighted by atomic mass is 127. The molecule has 0 spiro atoms. The average Bonchev–Trinajstić information content (AvgIpc) is 2.06. The zero-order chi connectivity index (χ0) is 12.3. The third-order valence-electron chi connectivity index (χ3n) is 1.76. The minimum absolute atomic E-state index is 0.422. The standard InChI is InChI=1S/C12H16INO2/c1-8-5-6-10(9(13)7-8)14-11(15)16-12(2,3)4/h5-7H,1-4H3,(H,14,15). The fourth-order valence-electron chi connectivity index (χ4n) is 1.14. The van der Waals surface area contributed by atoms with E-state index in [1.165, 1.54) is 5.56 Å². The number of hydrogen-bond donors (Lipinski definition) is 1. The number of carbonyl (C=O) groups is 1. The Hall–Kier alpha value is -0.780. The molecule has 0 aliphatic carbocycles. The van der Waals surface area contributed by atoms with Gasteiger partial charge in [0.15, 0.2) is 0 Å². The van der Waals surface area contributed by atoms with Gasteiger partial charge in [0.05, 0.1) is 5.69 Å². The number of benzene rings is 1. The van der Waals surface area contributed by atoms with E-state index in [9.17, 15) is 4.79 Å². The fourth-order valence-corrected chi connectivity index (χ4v) is 1.94. The first kappa shape index (κ1) is 13.3. The predicted octanol–water partition coefficient (Wildman–Crippen LogP) is 3.95. The van der Waals surface area contributed by atoms with Gasteiger partial charge in [-0.25, -0.2) is 4.79 Å². The molecule has 0 saturated carbocycles. The second-order valence-electron chi connectivity index (χ2n) is 4.61. The zero-order valence-electron chi connectivity index (χ0n) is 9.93. The molecule has 1 amide bonds. The van der Waals surface area contributed by atoms with Crippen molar-refractivity contribution in [2.45, 2.75) is 33.3 Å². The van der Waals surface area contributed by atoms with Crippen molar-refractivity contribution in [2.24, 2.45) is 0 Å². The Bertz CT molecular complexity index is 396. The Morgan fingerprint density at radius 2 is 2.00 bits per heavy atom. The first-order chi connectivity index (χ1) is 7.28. The normalized spacial score (nSPS) is 11.1. The van der Waals surface area contributed by atoms with Gasteiger partial charge in [0.25, 0.3) is 0 Å². The van der Waals surface area contributed by atoms with Crippen LogP contribution in [0.5, 0.6) is 0 Å². The number of aryl methyl sites for hydroxylation is 1. The number of anilines is 1. The van der Waals surface area contributed by atoms with Crippen LogP contribution in [0, 0.1) is 10.5 Å². The molecule has 1 aromatic carbocycles. The Morgan fingerprint density at radius 1 is 1.38 bits per heavy atom. The number of hydrogen-bond acceptors (Lipinski definition) is 2. The van der Waals surface area contributed by atoms with Crippen LogP contribution in [-0.2, 0) is 4.74 Å². The largest absolute Gasteiger partial charge is 0.444 e. The number of nitrogens with one attached hydrogen (secondary N) is 1. The summed E-state index contributed by atoms with van der Waals surface area (Å²) in [5, 5.41) is 2.73. The topological polar surface area (TPSA) is 38.3 Å². The van der Waals surface area contributed by atoms with E-state index in [0.717, 1.165) is 9.26 Å². The maximum Gasteiger partial charge on any atom is 0.412 e. The molecule has 0 radical (unpaired) electrons. The number of ether oxygens (including phenoxy) is 1. The lowest BCUT2D eigenvalue weighted by atomic mass is 10.2. The maximum absolute atomic E-state index is 11.5. The minimum atomic E-state index is -0.472. The fraction of sp³-hybridized carbons (Fsp3) is 0.417. The number of rotatable bonds is 1. The average molecular weight is 333 g/mol. The third kappa shape index (κ3) is 4.38. The van der Waals surface area contributed by atoms with Gasteiger partial charge in [-0.2, -0.15) is 0 Å². The summed E-state index contributed by atoms with van der Waals surface area (Å²) in [6.45, 7) is 7.53. The summed E-state index contributed by atoms with van der Waals surface area (Å²) in [6, 6.07) is 5.84. The molecule has 16 heavy (non-hydrogen) atoms. The van der Waals surface area contributed by atoms with Gasteiger partial charge >= 0.3 is 6.09 Å². The van der Waals surface area contributed by atoms with Gasteiger partial charge in [0.2, 0.25) is 0 Å². The van der Waals surface area contributed by atoms with Gasteiger partial charge < -0.3 is 4.74 Å². The molecule has 0 aliphatic rings. The van der Waals surface area contributed by atoms with Gasteiger partial charge in [-0.05, 0) is 68.0 Å². The highest BCUT2D eigenvalue weighted by Crippen LogP contribution is 2.20. The predicted molar refractivity (Wildman–Crippen MR) is 73.8 cm³/mol. The Balaban J connectivity index is 2.70. The molecule has 3 nitrogen and oxygen atoms in total. The van der Waals surface area contributed by atoms with Crippen LogP contribution < -0.4 is 5.32 Å². The van der Waals surface area contributed by atoms with E-state index < -0.39 is 11.7 Å². The summed E-state index contributed by atoms with van der Waals surface area (Å²) in [7, 11) is 0. The summed E-state index contributed by atoms with van der Waals surface area (Å²) in [6.07, 6.45) is -0.422. The highest BCUT2D eigenvalue weighted by Gasteiger charge is 2.16. The van der Waals surface area contributed by atoms with Crippen molar-refractivity contribution in [3.05, 3.63) is 27.3 Å². The zero-order valence-corrected chi connectivity index (χ0v) is 12.1. The molecule has 1 N–H and O–H groups in total. The van der Waals surface area contributed by atoms with E-state index in [4.69, 9.17) is 4.74 Å². The van der Waals surface area contributed by atoms with Crippen LogP contribution in [0.2, 0.25) is 0 Å². The quantitative estimate of drug-likeness (QED) is 0.791. The van der Waals surface area contributed by atoms with E-state index >= 15 is 0 Å².